The number of benzene rings is 4. The zero-order chi connectivity index (χ0) is 24.6. The molecule has 0 heterocycles. The molecule has 0 nitrogen and oxygen atoms in total. The predicted molar refractivity (Wildman–Crippen MR) is 151 cm³/mol. The van der Waals surface area contributed by atoms with Crippen LogP contribution in [-0.2, 0) is 65.4 Å². The van der Waals surface area contributed by atoms with Crippen molar-refractivity contribution < 1.29 is 65.4 Å². The van der Waals surface area contributed by atoms with Crippen LogP contribution in [0.3, 0.4) is 0 Å². The summed E-state index contributed by atoms with van der Waals surface area (Å²) in [6, 6.07) is 41.6. The van der Waals surface area contributed by atoms with Gasteiger partial charge in [-0.15, -0.1) is 0 Å². The minimum atomic E-state index is 0. The second-order valence-corrected chi connectivity index (χ2v) is 6.82. The molecule has 2 heteroatoms. The molecular weight excluding hydrogens is 574 g/mol. The third-order valence-corrected chi connectivity index (χ3v) is 4.47. The fourth-order valence-electron chi connectivity index (χ4n) is 2.88. The van der Waals surface area contributed by atoms with Gasteiger partial charge in [0.25, 0.3) is 0 Å². The van der Waals surface area contributed by atoms with E-state index in [4.69, 9.17) is 0 Å². The van der Waals surface area contributed by atoms with Gasteiger partial charge < -0.3 is 13.8 Å². The van der Waals surface area contributed by atoms with Gasteiger partial charge in [0.05, 0.1) is 0 Å². The molecule has 4 aromatic rings. The van der Waals surface area contributed by atoms with Gasteiger partial charge in [-0.25, -0.2) is 0 Å². The predicted octanol–water partition coefficient (Wildman–Crippen LogP) is 10.6. The van der Waals surface area contributed by atoms with Crippen molar-refractivity contribution in [1.82, 2.24) is 0 Å². The first-order valence-electron chi connectivity index (χ1n) is 12.0. The Kier molecular flexibility index (Phi) is 32.3. The smallest absolute Gasteiger partial charge is 0 e. The van der Waals surface area contributed by atoms with Gasteiger partial charge in [0.15, 0.2) is 0 Å². The van der Waals surface area contributed by atoms with Crippen molar-refractivity contribution in [2.24, 2.45) is 0 Å². The molecule has 0 aromatic heterocycles. The van der Waals surface area contributed by atoms with E-state index in [1.807, 2.05) is 24.3 Å². The minimum absolute atomic E-state index is 0. The Bertz CT molecular complexity index is 725. The Morgan fingerprint density at radius 2 is 0.543 bits per heavy atom. The Hall–Kier alpha value is -0.912. The van der Waals surface area contributed by atoms with E-state index in [9.17, 15) is 0 Å². The van der Waals surface area contributed by atoms with Gasteiger partial charge >= 0.3 is 0 Å². The van der Waals surface area contributed by atoms with Gasteiger partial charge in [0, 0.05) is 65.4 Å². The first-order chi connectivity index (χ1) is 16.3. The molecule has 0 aliphatic carbocycles. The van der Waals surface area contributed by atoms with E-state index in [0.29, 0.717) is 0 Å². The average Bonchev–Trinajstić information content (AvgIpc) is 2.94. The Labute approximate surface area is 267 Å². The van der Waals surface area contributed by atoms with E-state index < -0.39 is 0 Å². The van der Waals surface area contributed by atoms with E-state index in [2.05, 4.69) is 125 Å². The zero-order valence-corrected chi connectivity index (χ0v) is 27.9. The van der Waals surface area contributed by atoms with E-state index in [1.54, 1.807) is 13.8 Å². The second-order valence-electron chi connectivity index (χ2n) is 6.82. The molecule has 0 saturated heterocycles. The van der Waals surface area contributed by atoms with E-state index in [0.717, 1.165) is 0 Å². The van der Waals surface area contributed by atoms with Crippen molar-refractivity contribution in [3.63, 3.8) is 0 Å². The molecule has 0 amide bonds. The normalized spacial score (nSPS) is 8.17. The van der Waals surface area contributed by atoms with Crippen LogP contribution in [0.1, 0.15) is 47.0 Å². The molecule has 0 atom stereocenters. The van der Waals surface area contributed by atoms with Gasteiger partial charge in [-0.1, -0.05) is 154 Å². The van der Waals surface area contributed by atoms with Gasteiger partial charge in [-0.05, 0) is 22.3 Å². The molecule has 0 N–H and O–H groups in total. The molecule has 0 bridgehead atoms. The third-order valence-electron chi connectivity index (χ3n) is 4.47. The number of rotatable bonds is 4. The minimum Gasteiger partial charge on any atom is -0.346 e. The van der Waals surface area contributed by atoms with Crippen molar-refractivity contribution in [2.45, 2.75) is 47.0 Å². The summed E-state index contributed by atoms with van der Waals surface area (Å²) < 4.78 is 0. The number of hydrogen-bond donors (Lipinski definition) is 0. The largest absolute Gasteiger partial charge is 0.346 e. The summed E-state index contributed by atoms with van der Waals surface area (Å²) in [6.45, 7) is 14.4. The van der Waals surface area contributed by atoms with Gasteiger partial charge in [-0.3, -0.25) is 0 Å². The standard InChI is InChI=1S/2C12H10.C5H12.2C2H5.2Y/c2*1-3-7-11(8-4-1)12-9-5-2-6-10-12;1-3-5-4-2;2*1-2;;/h2*1-10H;3-5H2,1-2H3;2*1H2,2H3;;/q;;;2*-1;;. The summed E-state index contributed by atoms with van der Waals surface area (Å²) in [5.41, 5.74) is 5.10. The van der Waals surface area contributed by atoms with Crippen LogP contribution in [0.25, 0.3) is 22.3 Å². The molecule has 0 saturated carbocycles. The van der Waals surface area contributed by atoms with Crippen LogP contribution in [-0.4, -0.2) is 0 Å². The Balaban J connectivity index is -0.000000424. The van der Waals surface area contributed by atoms with Gasteiger partial charge in [-0.2, -0.15) is 13.8 Å². The van der Waals surface area contributed by atoms with Crippen LogP contribution in [0.15, 0.2) is 121 Å². The maximum Gasteiger partial charge on any atom is 0 e. The van der Waals surface area contributed by atoms with Crippen molar-refractivity contribution in [3.05, 3.63) is 135 Å². The molecule has 0 unspecified atom stereocenters. The van der Waals surface area contributed by atoms with Gasteiger partial charge in [0.2, 0.25) is 0 Å². The van der Waals surface area contributed by atoms with Crippen LogP contribution < -0.4 is 0 Å². The van der Waals surface area contributed by atoms with Crippen LogP contribution >= 0.6 is 0 Å². The number of unbranched alkanes of at least 4 members (excludes halogenated alkanes) is 2. The summed E-state index contributed by atoms with van der Waals surface area (Å²) in [6.07, 6.45) is 4.08. The van der Waals surface area contributed by atoms with Crippen LogP contribution in [0.4, 0.5) is 0 Å². The molecule has 4 rings (SSSR count). The third kappa shape index (κ3) is 18.9. The van der Waals surface area contributed by atoms with E-state index in [1.165, 1.54) is 41.5 Å². The van der Waals surface area contributed by atoms with Crippen LogP contribution in [0, 0.1) is 13.8 Å². The summed E-state index contributed by atoms with van der Waals surface area (Å²) >= 11 is 0. The Morgan fingerprint density at radius 1 is 0.371 bits per heavy atom. The molecule has 0 spiro atoms. The molecule has 2 radical (unpaired) electrons. The van der Waals surface area contributed by atoms with Crippen molar-refractivity contribution >= 4 is 0 Å². The van der Waals surface area contributed by atoms with Gasteiger partial charge in [0.1, 0.15) is 0 Å². The molecule has 35 heavy (non-hydrogen) atoms. The summed E-state index contributed by atoms with van der Waals surface area (Å²) in [5.74, 6) is 0. The van der Waals surface area contributed by atoms with E-state index in [-0.39, 0.29) is 65.4 Å². The first kappa shape index (κ1) is 38.6. The van der Waals surface area contributed by atoms with Crippen LogP contribution in [0.5, 0.6) is 0 Å². The molecule has 4 aromatic carbocycles. The molecule has 182 valence electrons. The summed E-state index contributed by atoms with van der Waals surface area (Å²) in [4.78, 5) is 0. The second kappa shape index (κ2) is 29.3. The monoisotopic (exact) mass is 616 g/mol. The first-order valence-corrected chi connectivity index (χ1v) is 12.0. The summed E-state index contributed by atoms with van der Waals surface area (Å²) in [5, 5.41) is 0. The molecular formula is C33H42Y2-2. The fourth-order valence-corrected chi connectivity index (χ4v) is 2.88. The van der Waals surface area contributed by atoms with Crippen molar-refractivity contribution in [3.8, 4) is 22.3 Å². The van der Waals surface area contributed by atoms with Crippen LogP contribution in [0.2, 0.25) is 0 Å². The SMILES string of the molecule is CCCCC.[CH2-]C.[CH2-]C.[Y].[Y].c1ccc(-c2ccccc2)cc1.c1ccc(-c2ccccc2)cc1. The summed E-state index contributed by atoms with van der Waals surface area (Å²) in [7, 11) is 0. The molecule has 0 aliphatic heterocycles. The molecule has 0 fully saturated rings. The fraction of sp³-hybridized carbons (Fsp3) is 0.212. The zero-order valence-electron chi connectivity index (χ0n) is 22.2. The van der Waals surface area contributed by atoms with Crippen molar-refractivity contribution in [1.29, 1.82) is 0 Å². The maximum absolute atomic E-state index is 3.25. The topological polar surface area (TPSA) is 0 Å². The van der Waals surface area contributed by atoms with Crippen molar-refractivity contribution in [2.75, 3.05) is 0 Å². The Morgan fingerprint density at radius 3 is 0.657 bits per heavy atom. The quantitative estimate of drug-likeness (QED) is 0.200. The maximum atomic E-state index is 3.25. The molecule has 0 aliphatic rings. The average molecular weight is 617 g/mol. The number of hydrogen-bond acceptors (Lipinski definition) is 0. The van der Waals surface area contributed by atoms with E-state index >= 15 is 0 Å².